The second kappa shape index (κ2) is 8.10. The van der Waals surface area contributed by atoms with E-state index in [1.165, 1.54) is 23.8 Å². The molecule has 0 aliphatic heterocycles. The van der Waals surface area contributed by atoms with Gasteiger partial charge in [0, 0.05) is 0 Å². The first-order chi connectivity index (χ1) is 14.0. The highest BCUT2D eigenvalue weighted by Gasteiger charge is 2.27. The minimum atomic E-state index is -0.330. The zero-order valence-corrected chi connectivity index (χ0v) is 19.0. The number of allylic oxidation sites excluding steroid dienone is 4. The lowest BCUT2D eigenvalue weighted by Gasteiger charge is -2.32. The maximum atomic E-state index is 11.7. The van der Waals surface area contributed by atoms with E-state index >= 15 is 0 Å². The van der Waals surface area contributed by atoms with Crippen molar-refractivity contribution in [2.45, 2.75) is 46.5 Å². The number of carbonyl (C=O) groups excluding carboxylic acids is 1. The van der Waals surface area contributed by atoms with E-state index in [9.17, 15) is 4.79 Å². The first kappa shape index (κ1) is 21.8. The molecule has 2 aromatic carbocycles. The summed E-state index contributed by atoms with van der Waals surface area (Å²) >= 11 is 0. The van der Waals surface area contributed by atoms with Crippen LogP contribution in [0.3, 0.4) is 0 Å². The molecule has 2 nitrogen and oxygen atoms in total. The summed E-state index contributed by atoms with van der Waals surface area (Å²) in [6.07, 6.45) is 7.90. The Hall–Kier alpha value is -2.87. The molecule has 156 valence electrons. The van der Waals surface area contributed by atoms with Crippen LogP contribution in [-0.4, -0.2) is 13.1 Å². The lowest BCUT2D eigenvalue weighted by Crippen LogP contribution is -2.21. The van der Waals surface area contributed by atoms with Gasteiger partial charge in [0.2, 0.25) is 0 Å². The van der Waals surface area contributed by atoms with Gasteiger partial charge in [-0.05, 0) is 68.8 Å². The van der Waals surface area contributed by atoms with Gasteiger partial charge in [0.25, 0.3) is 0 Å². The van der Waals surface area contributed by atoms with Gasteiger partial charge in [0.15, 0.2) is 0 Å². The minimum absolute atomic E-state index is 0.108. The van der Waals surface area contributed by atoms with E-state index in [1.54, 1.807) is 12.1 Å². The molecule has 0 heterocycles. The molecule has 0 amide bonds. The Morgan fingerprint density at radius 2 is 1.63 bits per heavy atom. The van der Waals surface area contributed by atoms with Gasteiger partial charge < -0.3 is 4.74 Å². The quantitative estimate of drug-likeness (QED) is 0.507. The fourth-order valence-corrected chi connectivity index (χ4v) is 3.74. The molecule has 0 N–H and O–H groups in total. The Bertz CT molecular complexity index is 1030. The predicted octanol–water partition coefficient (Wildman–Crippen LogP) is 7.20. The minimum Gasteiger partial charge on any atom is -0.465 e. The Labute approximate surface area is 181 Å². The molecule has 0 bridgehead atoms. The van der Waals surface area contributed by atoms with Crippen LogP contribution >= 0.6 is 0 Å². The standard InChI is InChI=1S/C28H32O2/c1-19(20-8-10-22(11-9-20)26(29)30-7)23-12-13-25-24(18-23)21(14-16-27(2,3)4)15-17-28(25,5)6/h8-16,18H,1,17H2,2-7H3. The van der Waals surface area contributed by atoms with E-state index in [0.717, 1.165) is 23.1 Å². The van der Waals surface area contributed by atoms with Crippen LogP contribution in [0.15, 0.2) is 67.3 Å². The zero-order chi connectivity index (χ0) is 22.1. The van der Waals surface area contributed by atoms with Crippen molar-refractivity contribution in [1.29, 1.82) is 0 Å². The molecule has 3 rings (SSSR count). The molecule has 0 spiro atoms. The summed E-state index contributed by atoms with van der Waals surface area (Å²) in [4.78, 5) is 11.7. The lowest BCUT2D eigenvalue weighted by molar-refractivity contribution is 0.0600. The largest absolute Gasteiger partial charge is 0.465 e. The second-order valence-electron chi connectivity index (χ2n) is 9.75. The van der Waals surface area contributed by atoms with Crippen molar-refractivity contribution in [2.24, 2.45) is 5.41 Å². The van der Waals surface area contributed by atoms with E-state index in [4.69, 9.17) is 4.74 Å². The Morgan fingerprint density at radius 1 is 1.03 bits per heavy atom. The SMILES string of the molecule is C=C(c1ccc(C(=O)OC)cc1)c1ccc2c(c1)C(C=CC(C)(C)C)=CCC2(C)C. The average Bonchev–Trinajstić information content (AvgIpc) is 2.71. The predicted molar refractivity (Wildman–Crippen MR) is 127 cm³/mol. The van der Waals surface area contributed by atoms with Crippen LogP contribution in [0.25, 0.3) is 11.1 Å². The summed E-state index contributed by atoms with van der Waals surface area (Å²) in [7, 11) is 1.39. The molecule has 0 saturated heterocycles. The number of benzene rings is 2. The number of methoxy groups -OCH3 is 1. The monoisotopic (exact) mass is 400 g/mol. The van der Waals surface area contributed by atoms with Crippen molar-refractivity contribution >= 4 is 17.1 Å². The van der Waals surface area contributed by atoms with Gasteiger partial charge in [-0.1, -0.05) is 83.7 Å². The van der Waals surface area contributed by atoms with Gasteiger partial charge in [-0.25, -0.2) is 4.79 Å². The van der Waals surface area contributed by atoms with Crippen LogP contribution in [-0.2, 0) is 10.2 Å². The molecule has 1 aliphatic carbocycles. The highest BCUT2D eigenvalue weighted by molar-refractivity contribution is 5.90. The Balaban J connectivity index is 1.99. The smallest absolute Gasteiger partial charge is 0.337 e. The molecule has 0 saturated carbocycles. The summed E-state index contributed by atoms with van der Waals surface area (Å²) in [6, 6.07) is 14.1. The molecule has 0 atom stereocenters. The van der Waals surface area contributed by atoms with Crippen molar-refractivity contribution in [3.63, 3.8) is 0 Å². The third-order valence-corrected chi connectivity index (χ3v) is 5.66. The third kappa shape index (κ3) is 4.64. The number of ether oxygens (including phenoxy) is 1. The van der Waals surface area contributed by atoms with Crippen LogP contribution in [0.5, 0.6) is 0 Å². The van der Waals surface area contributed by atoms with Crippen LogP contribution in [0.1, 0.15) is 73.7 Å². The van der Waals surface area contributed by atoms with Crippen LogP contribution in [0, 0.1) is 5.41 Å². The van der Waals surface area contributed by atoms with Gasteiger partial charge in [-0.3, -0.25) is 0 Å². The van der Waals surface area contributed by atoms with Gasteiger partial charge in [-0.2, -0.15) is 0 Å². The van der Waals surface area contributed by atoms with E-state index < -0.39 is 0 Å². The summed E-state index contributed by atoms with van der Waals surface area (Å²) in [5.41, 5.74) is 7.73. The number of fused-ring (bicyclic) bond motifs is 1. The van der Waals surface area contributed by atoms with E-state index in [0.29, 0.717) is 5.56 Å². The van der Waals surface area contributed by atoms with Gasteiger partial charge in [0.1, 0.15) is 0 Å². The fraction of sp³-hybridized carbons (Fsp3) is 0.321. The first-order valence-corrected chi connectivity index (χ1v) is 10.4. The molecule has 2 aromatic rings. The number of hydrogen-bond donors (Lipinski definition) is 0. The number of carbonyl (C=O) groups is 1. The van der Waals surface area contributed by atoms with Crippen molar-refractivity contribution in [3.05, 3.63) is 95.1 Å². The van der Waals surface area contributed by atoms with Crippen LogP contribution < -0.4 is 0 Å². The number of rotatable bonds is 4. The lowest BCUT2D eigenvalue weighted by atomic mass is 9.72. The van der Waals surface area contributed by atoms with Crippen molar-refractivity contribution < 1.29 is 9.53 Å². The normalized spacial score (nSPS) is 15.5. The molecule has 0 fully saturated rings. The molecule has 1 aliphatic rings. The Kier molecular flexibility index (Phi) is 5.90. The topological polar surface area (TPSA) is 26.3 Å². The Morgan fingerprint density at radius 3 is 2.23 bits per heavy atom. The zero-order valence-electron chi connectivity index (χ0n) is 19.0. The van der Waals surface area contributed by atoms with Crippen LogP contribution in [0.4, 0.5) is 0 Å². The maximum absolute atomic E-state index is 11.7. The van der Waals surface area contributed by atoms with Gasteiger partial charge in [-0.15, -0.1) is 0 Å². The van der Waals surface area contributed by atoms with Crippen molar-refractivity contribution in [1.82, 2.24) is 0 Å². The molecular formula is C28H32O2. The van der Waals surface area contributed by atoms with E-state index in [-0.39, 0.29) is 16.8 Å². The van der Waals surface area contributed by atoms with Gasteiger partial charge >= 0.3 is 5.97 Å². The van der Waals surface area contributed by atoms with E-state index in [2.05, 4.69) is 77.6 Å². The molecule has 0 aromatic heterocycles. The fourth-order valence-electron chi connectivity index (χ4n) is 3.74. The molecule has 0 radical (unpaired) electrons. The highest BCUT2D eigenvalue weighted by Crippen LogP contribution is 2.41. The summed E-state index contributed by atoms with van der Waals surface area (Å²) in [5, 5.41) is 0. The van der Waals surface area contributed by atoms with Gasteiger partial charge in [0.05, 0.1) is 12.7 Å². The summed E-state index contributed by atoms with van der Waals surface area (Å²) < 4.78 is 4.79. The average molecular weight is 401 g/mol. The first-order valence-electron chi connectivity index (χ1n) is 10.4. The molecule has 2 heteroatoms. The van der Waals surface area contributed by atoms with Crippen molar-refractivity contribution in [3.8, 4) is 0 Å². The van der Waals surface area contributed by atoms with Crippen LogP contribution in [0.2, 0.25) is 0 Å². The molecule has 0 unspecified atom stereocenters. The molecule has 30 heavy (non-hydrogen) atoms. The maximum Gasteiger partial charge on any atom is 0.337 e. The third-order valence-electron chi connectivity index (χ3n) is 5.66. The highest BCUT2D eigenvalue weighted by atomic mass is 16.5. The molecular weight excluding hydrogens is 368 g/mol. The number of esters is 1. The van der Waals surface area contributed by atoms with E-state index in [1.807, 2.05) is 12.1 Å². The summed E-state index contributed by atoms with van der Waals surface area (Å²) in [6.45, 7) is 15.6. The number of hydrogen-bond acceptors (Lipinski definition) is 2. The summed E-state index contributed by atoms with van der Waals surface area (Å²) in [5.74, 6) is -0.330. The van der Waals surface area contributed by atoms with Crippen molar-refractivity contribution in [2.75, 3.05) is 7.11 Å². The second-order valence-corrected chi connectivity index (χ2v) is 9.75.